The zero-order valence-electron chi connectivity index (χ0n) is 19.3. The highest BCUT2D eigenvalue weighted by atomic mass is 16.6. The minimum Gasteiger partial charge on any atom is -0.507 e. The number of rotatable bonds is 6. The number of carboxylic acids is 1. The van der Waals surface area contributed by atoms with Gasteiger partial charge < -0.3 is 29.7 Å². The van der Waals surface area contributed by atoms with Crippen LogP contribution in [0.3, 0.4) is 0 Å². The van der Waals surface area contributed by atoms with Crippen LogP contribution in [0.25, 0.3) is 0 Å². The molecule has 3 aromatic carbocycles. The average molecular weight is 463 g/mol. The molecule has 34 heavy (non-hydrogen) atoms. The number of phenols is 1. The lowest BCUT2D eigenvalue weighted by Gasteiger charge is -2.19. The molecule has 1 heterocycles. The van der Waals surface area contributed by atoms with Gasteiger partial charge >= 0.3 is 11.9 Å². The van der Waals surface area contributed by atoms with E-state index in [1.165, 1.54) is 19.2 Å². The van der Waals surface area contributed by atoms with Crippen molar-refractivity contribution in [2.45, 2.75) is 33.4 Å². The van der Waals surface area contributed by atoms with Crippen LogP contribution in [-0.4, -0.2) is 29.3 Å². The van der Waals surface area contributed by atoms with Crippen molar-refractivity contribution in [1.82, 2.24) is 5.32 Å². The molecule has 8 nitrogen and oxygen atoms in total. The molecular weight excluding hydrogens is 438 g/mol. The first-order valence-electron chi connectivity index (χ1n) is 10.7. The van der Waals surface area contributed by atoms with Crippen LogP contribution in [0.5, 0.6) is 28.7 Å². The molecule has 0 fully saturated rings. The highest BCUT2D eigenvalue weighted by molar-refractivity contribution is 6.00. The number of carbonyl (C=O) groups excluding carboxylic acids is 1. The quantitative estimate of drug-likeness (QED) is 0.350. The maximum absolute atomic E-state index is 13.2. The Bertz CT molecular complexity index is 1280. The van der Waals surface area contributed by atoms with Crippen LogP contribution in [0.1, 0.15) is 55.9 Å². The van der Waals surface area contributed by atoms with E-state index in [0.29, 0.717) is 16.7 Å². The van der Waals surface area contributed by atoms with Crippen LogP contribution in [0.4, 0.5) is 0 Å². The predicted molar refractivity (Wildman–Crippen MR) is 124 cm³/mol. The Morgan fingerprint density at radius 3 is 2.44 bits per heavy atom. The molecule has 1 unspecified atom stereocenters. The molecule has 0 saturated heterocycles. The summed E-state index contributed by atoms with van der Waals surface area (Å²) in [4.78, 5) is 25.2. The van der Waals surface area contributed by atoms with E-state index in [1.807, 2.05) is 37.3 Å². The average Bonchev–Trinajstić information content (AvgIpc) is 2.96. The summed E-state index contributed by atoms with van der Waals surface area (Å²) in [6.07, 6.45) is 0. The van der Waals surface area contributed by atoms with Gasteiger partial charge in [-0.1, -0.05) is 30.3 Å². The van der Waals surface area contributed by atoms with Crippen LogP contribution in [-0.2, 0) is 6.54 Å². The Morgan fingerprint density at radius 2 is 1.79 bits per heavy atom. The summed E-state index contributed by atoms with van der Waals surface area (Å²) < 4.78 is 17.0. The Kier molecular flexibility index (Phi) is 6.17. The van der Waals surface area contributed by atoms with E-state index in [-0.39, 0.29) is 52.5 Å². The van der Waals surface area contributed by atoms with Gasteiger partial charge in [0.1, 0.15) is 22.6 Å². The van der Waals surface area contributed by atoms with Gasteiger partial charge in [0, 0.05) is 18.2 Å². The van der Waals surface area contributed by atoms with Gasteiger partial charge in [0.15, 0.2) is 17.2 Å². The lowest BCUT2D eigenvalue weighted by molar-refractivity contribution is 0.0685. The molecule has 176 valence electrons. The first-order valence-corrected chi connectivity index (χ1v) is 10.7. The molecular formula is C26H25NO7. The molecule has 8 heteroatoms. The van der Waals surface area contributed by atoms with Crippen LogP contribution < -0.4 is 19.5 Å². The van der Waals surface area contributed by atoms with Gasteiger partial charge in [-0.2, -0.15) is 0 Å². The zero-order chi connectivity index (χ0) is 24.6. The number of aromatic hydroxyl groups is 1. The number of fused-ring (bicyclic) bond motifs is 2. The number of aromatic carboxylic acids is 1. The maximum atomic E-state index is 13.2. The second kappa shape index (κ2) is 9.07. The number of esters is 1. The molecule has 3 N–H and O–H groups in total. The monoisotopic (exact) mass is 463 g/mol. The summed E-state index contributed by atoms with van der Waals surface area (Å²) >= 11 is 0. The molecule has 0 amide bonds. The lowest BCUT2D eigenvalue weighted by atomic mass is 10.0. The second-order valence-corrected chi connectivity index (χ2v) is 8.11. The fourth-order valence-corrected chi connectivity index (χ4v) is 4.01. The number of methoxy groups -OCH3 is 1. The van der Waals surface area contributed by atoms with Gasteiger partial charge in [0.05, 0.1) is 12.7 Å². The maximum Gasteiger partial charge on any atom is 0.347 e. The van der Waals surface area contributed by atoms with E-state index < -0.39 is 11.9 Å². The van der Waals surface area contributed by atoms with Crippen molar-refractivity contribution in [1.29, 1.82) is 0 Å². The van der Waals surface area contributed by atoms with E-state index in [9.17, 15) is 19.8 Å². The molecule has 0 aromatic heterocycles. The van der Waals surface area contributed by atoms with Crippen LogP contribution >= 0.6 is 0 Å². The SMILES string of the molecule is COc1cc(C(=O)O)c2c(c1C)OC(=O)c1c(C)cc(O)c(CNC(C)c3ccccc3)c1O2. The van der Waals surface area contributed by atoms with Crippen molar-refractivity contribution >= 4 is 11.9 Å². The number of carboxylic acid groups (broad SMARTS) is 1. The van der Waals surface area contributed by atoms with Gasteiger partial charge in [-0.15, -0.1) is 0 Å². The molecule has 1 aliphatic rings. The first kappa shape index (κ1) is 23.1. The summed E-state index contributed by atoms with van der Waals surface area (Å²) in [5.41, 5.74) is 2.11. The van der Waals surface area contributed by atoms with Crippen LogP contribution in [0.2, 0.25) is 0 Å². The summed E-state index contributed by atoms with van der Waals surface area (Å²) in [6, 6.07) is 12.5. The number of carbonyl (C=O) groups is 2. The van der Waals surface area contributed by atoms with Crippen molar-refractivity contribution in [3.05, 3.63) is 75.8 Å². The van der Waals surface area contributed by atoms with E-state index >= 15 is 0 Å². The van der Waals surface area contributed by atoms with Crippen LogP contribution in [0.15, 0.2) is 42.5 Å². The molecule has 3 aromatic rings. The zero-order valence-corrected chi connectivity index (χ0v) is 19.3. The number of phenolic OH excluding ortho intramolecular Hbond substituents is 1. The van der Waals surface area contributed by atoms with Gasteiger partial charge in [-0.3, -0.25) is 0 Å². The number of ether oxygens (including phenoxy) is 3. The minimum atomic E-state index is -1.27. The topological polar surface area (TPSA) is 114 Å². The largest absolute Gasteiger partial charge is 0.507 e. The van der Waals surface area contributed by atoms with Crippen molar-refractivity contribution in [2.75, 3.05) is 7.11 Å². The Hall–Kier alpha value is -4.04. The summed E-state index contributed by atoms with van der Waals surface area (Å²) in [5, 5.41) is 23.9. The van der Waals surface area contributed by atoms with E-state index in [0.717, 1.165) is 5.56 Å². The van der Waals surface area contributed by atoms with E-state index in [4.69, 9.17) is 14.2 Å². The number of nitrogens with one attached hydrogen (secondary N) is 1. The molecule has 0 saturated carbocycles. The Balaban J connectivity index is 1.83. The van der Waals surface area contributed by atoms with E-state index in [2.05, 4.69) is 5.32 Å². The van der Waals surface area contributed by atoms with Gasteiger partial charge in [-0.25, -0.2) is 9.59 Å². The molecule has 0 radical (unpaired) electrons. The number of benzene rings is 3. The standard InChI is InChI=1S/C26H25NO7/c1-13-10-19(28)18(12-27-15(3)16-8-6-5-7-9-16)23-21(13)26(31)34-22-14(2)20(32-4)11-17(25(29)30)24(22)33-23/h5-11,15,27-28H,12H2,1-4H3,(H,29,30). The fourth-order valence-electron chi connectivity index (χ4n) is 4.01. The first-order chi connectivity index (χ1) is 16.2. The number of aryl methyl sites for hydroxylation is 1. The normalized spacial score (nSPS) is 13.1. The third kappa shape index (κ3) is 4.04. The van der Waals surface area contributed by atoms with Gasteiger partial charge in [-0.05, 0) is 44.0 Å². The number of hydrogen-bond acceptors (Lipinski definition) is 7. The third-order valence-corrected chi connectivity index (χ3v) is 5.93. The smallest absolute Gasteiger partial charge is 0.347 e. The minimum absolute atomic E-state index is 0.0339. The van der Waals surface area contributed by atoms with Crippen molar-refractivity contribution in [3.8, 4) is 28.7 Å². The fraction of sp³-hybridized carbons (Fsp3) is 0.231. The van der Waals surface area contributed by atoms with E-state index in [1.54, 1.807) is 13.8 Å². The Morgan fingerprint density at radius 1 is 1.09 bits per heavy atom. The summed E-state index contributed by atoms with van der Waals surface area (Å²) in [7, 11) is 1.40. The van der Waals surface area contributed by atoms with Crippen molar-refractivity contribution < 1.29 is 34.0 Å². The number of hydrogen-bond donors (Lipinski definition) is 3. The summed E-state index contributed by atoms with van der Waals surface area (Å²) in [6.45, 7) is 5.42. The molecule has 0 bridgehead atoms. The second-order valence-electron chi connectivity index (χ2n) is 8.11. The molecule has 1 aliphatic heterocycles. The molecule has 0 aliphatic carbocycles. The van der Waals surface area contributed by atoms with Crippen molar-refractivity contribution in [2.24, 2.45) is 0 Å². The van der Waals surface area contributed by atoms with Gasteiger partial charge in [0.2, 0.25) is 0 Å². The predicted octanol–water partition coefficient (Wildman–Crippen LogP) is 4.89. The highest BCUT2D eigenvalue weighted by Gasteiger charge is 2.34. The highest BCUT2D eigenvalue weighted by Crippen LogP contribution is 2.48. The molecule has 1 atom stereocenters. The summed E-state index contributed by atoms with van der Waals surface area (Å²) in [5.74, 6) is -1.92. The van der Waals surface area contributed by atoms with Crippen LogP contribution in [0, 0.1) is 13.8 Å². The Labute approximate surface area is 196 Å². The third-order valence-electron chi connectivity index (χ3n) is 5.93. The lowest BCUT2D eigenvalue weighted by Crippen LogP contribution is -2.19. The molecule has 0 spiro atoms. The van der Waals surface area contributed by atoms with Crippen molar-refractivity contribution in [3.63, 3.8) is 0 Å². The van der Waals surface area contributed by atoms with Gasteiger partial charge in [0.25, 0.3) is 0 Å². The molecule has 4 rings (SSSR count).